The van der Waals surface area contributed by atoms with Gasteiger partial charge in [0.2, 0.25) is 0 Å². The Labute approximate surface area is 112 Å². The van der Waals surface area contributed by atoms with Gasteiger partial charge in [-0.2, -0.15) is 0 Å². The molecule has 1 fully saturated rings. The number of Topliss-reactive ketones (excluding diaryl/α,β-unsaturated/α-hetero) is 1. The fourth-order valence-corrected chi connectivity index (χ4v) is 3.80. The van der Waals surface area contributed by atoms with Crippen LogP contribution in [0.3, 0.4) is 0 Å². The molecule has 1 nitrogen and oxygen atoms in total. The quantitative estimate of drug-likeness (QED) is 0.584. The predicted molar refractivity (Wildman–Crippen MR) is 73.8 cm³/mol. The van der Waals surface area contributed by atoms with Crippen LogP contribution >= 0.6 is 11.8 Å². The molecule has 2 rings (SSSR count). The van der Waals surface area contributed by atoms with Crippen molar-refractivity contribution in [2.75, 3.05) is 5.75 Å². The molecule has 0 aliphatic heterocycles. The van der Waals surface area contributed by atoms with Gasteiger partial charge in [-0.15, -0.1) is 11.8 Å². The number of aryl methyl sites for hydroxylation is 1. The minimum Gasteiger partial charge on any atom is -0.294 e. The Morgan fingerprint density at radius 3 is 2.67 bits per heavy atom. The average Bonchev–Trinajstić information content (AvgIpc) is 2.83. The maximum absolute atomic E-state index is 13.5. The number of carbonyl (C=O) groups is 1. The van der Waals surface area contributed by atoms with Crippen LogP contribution in [-0.4, -0.2) is 11.5 Å². The van der Waals surface area contributed by atoms with Crippen LogP contribution in [0.4, 0.5) is 4.39 Å². The highest BCUT2D eigenvalue weighted by atomic mass is 32.2. The Morgan fingerprint density at radius 1 is 1.39 bits per heavy atom. The molecule has 3 heteroatoms. The highest BCUT2D eigenvalue weighted by molar-refractivity contribution is 7.99. The fourth-order valence-electron chi connectivity index (χ4n) is 2.43. The molecule has 18 heavy (non-hydrogen) atoms. The molecule has 0 atom stereocenters. The van der Waals surface area contributed by atoms with Crippen LogP contribution in [0.1, 0.15) is 48.5 Å². The molecule has 0 bridgehead atoms. The van der Waals surface area contributed by atoms with Crippen LogP contribution < -0.4 is 0 Å². The molecule has 1 aromatic carbocycles. The molecule has 1 aliphatic carbocycles. The zero-order valence-corrected chi connectivity index (χ0v) is 11.8. The minimum absolute atomic E-state index is 0.0529. The molecule has 0 spiro atoms. The lowest BCUT2D eigenvalue weighted by molar-refractivity contribution is 0.101. The standard InChI is InChI=1S/C15H19FOS/c1-10-7-15(13(11(2)17)8-14(10)16)18-9-12-5-3-4-6-12/h7-8,12H,3-6,9H2,1-2H3. The molecule has 0 amide bonds. The zero-order valence-electron chi connectivity index (χ0n) is 11.0. The van der Waals surface area contributed by atoms with E-state index in [1.54, 1.807) is 18.7 Å². The Kier molecular flexibility index (Phi) is 4.44. The second-order valence-electron chi connectivity index (χ2n) is 5.12. The van der Waals surface area contributed by atoms with E-state index in [0.29, 0.717) is 11.1 Å². The van der Waals surface area contributed by atoms with Gasteiger partial charge in [-0.25, -0.2) is 4.39 Å². The van der Waals surface area contributed by atoms with Gasteiger partial charge >= 0.3 is 0 Å². The number of hydrogen-bond acceptors (Lipinski definition) is 2. The third-order valence-electron chi connectivity index (χ3n) is 3.59. The third kappa shape index (κ3) is 3.14. The van der Waals surface area contributed by atoms with Gasteiger partial charge in [0.25, 0.3) is 0 Å². The summed E-state index contributed by atoms with van der Waals surface area (Å²) in [6, 6.07) is 3.19. The van der Waals surface area contributed by atoms with Gasteiger partial charge in [-0.05, 0) is 50.3 Å². The summed E-state index contributed by atoms with van der Waals surface area (Å²) < 4.78 is 13.5. The Hall–Kier alpha value is -0.830. The highest BCUT2D eigenvalue weighted by Gasteiger charge is 2.17. The van der Waals surface area contributed by atoms with Crippen molar-refractivity contribution in [2.45, 2.75) is 44.4 Å². The molecule has 1 aromatic rings. The third-order valence-corrected chi connectivity index (χ3v) is 4.88. The molecule has 0 heterocycles. The van der Waals surface area contributed by atoms with Crippen LogP contribution in [0, 0.1) is 18.7 Å². The van der Waals surface area contributed by atoms with E-state index < -0.39 is 0 Å². The van der Waals surface area contributed by atoms with Crippen LogP contribution in [0.15, 0.2) is 17.0 Å². The lowest BCUT2D eigenvalue weighted by atomic mass is 10.1. The zero-order chi connectivity index (χ0) is 13.1. The van der Waals surface area contributed by atoms with Gasteiger partial charge in [0.15, 0.2) is 5.78 Å². The first-order chi connectivity index (χ1) is 8.58. The summed E-state index contributed by atoms with van der Waals surface area (Å²) in [6.45, 7) is 3.25. The van der Waals surface area contributed by atoms with Gasteiger partial charge in [0.05, 0.1) is 0 Å². The monoisotopic (exact) mass is 266 g/mol. The summed E-state index contributed by atoms with van der Waals surface area (Å²) in [6.07, 6.45) is 5.24. The van der Waals surface area contributed by atoms with E-state index in [1.165, 1.54) is 38.7 Å². The second kappa shape index (κ2) is 5.87. The van der Waals surface area contributed by atoms with Gasteiger partial charge < -0.3 is 0 Å². The van der Waals surface area contributed by atoms with Gasteiger partial charge in [-0.1, -0.05) is 12.8 Å². The van der Waals surface area contributed by atoms with Crippen LogP contribution in [-0.2, 0) is 0 Å². The molecule has 0 unspecified atom stereocenters. The van der Waals surface area contributed by atoms with Crippen LogP contribution in [0.5, 0.6) is 0 Å². The normalized spacial score (nSPS) is 16.2. The van der Waals surface area contributed by atoms with E-state index in [4.69, 9.17) is 0 Å². The fraction of sp³-hybridized carbons (Fsp3) is 0.533. The van der Waals surface area contributed by atoms with E-state index in [9.17, 15) is 9.18 Å². The van der Waals surface area contributed by atoms with Gasteiger partial charge in [0, 0.05) is 16.2 Å². The van der Waals surface area contributed by atoms with Crippen LogP contribution in [0.2, 0.25) is 0 Å². The van der Waals surface area contributed by atoms with Crippen molar-refractivity contribution in [1.29, 1.82) is 0 Å². The Bertz CT molecular complexity index is 450. The van der Waals surface area contributed by atoms with Gasteiger partial charge in [0.1, 0.15) is 5.82 Å². The van der Waals surface area contributed by atoms with Crippen molar-refractivity contribution in [2.24, 2.45) is 5.92 Å². The molecule has 0 saturated heterocycles. The van der Waals surface area contributed by atoms with Crippen molar-refractivity contribution in [3.63, 3.8) is 0 Å². The van der Waals surface area contributed by atoms with E-state index in [1.807, 2.05) is 6.07 Å². The molecule has 1 saturated carbocycles. The Morgan fingerprint density at radius 2 is 2.06 bits per heavy atom. The molecule has 0 N–H and O–H groups in total. The summed E-state index contributed by atoms with van der Waals surface area (Å²) in [5.74, 6) is 1.47. The van der Waals surface area contributed by atoms with E-state index in [2.05, 4.69) is 0 Å². The number of hydrogen-bond donors (Lipinski definition) is 0. The van der Waals surface area contributed by atoms with E-state index >= 15 is 0 Å². The van der Waals surface area contributed by atoms with Gasteiger partial charge in [-0.3, -0.25) is 4.79 Å². The number of rotatable bonds is 4. The summed E-state index contributed by atoms with van der Waals surface area (Å²) in [5.41, 5.74) is 1.15. The molecular formula is C15H19FOS. The molecule has 0 aromatic heterocycles. The minimum atomic E-state index is -0.287. The summed E-state index contributed by atoms with van der Waals surface area (Å²) >= 11 is 1.71. The molecule has 0 radical (unpaired) electrons. The van der Waals surface area contributed by atoms with Crippen LogP contribution in [0.25, 0.3) is 0 Å². The number of ketones is 1. The lowest BCUT2D eigenvalue weighted by Gasteiger charge is -2.12. The number of thioether (sulfide) groups is 1. The first kappa shape index (κ1) is 13.6. The topological polar surface area (TPSA) is 17.1 Å². The number of benzene rings is 1. The molecular weight excluding hydrogens is 247 g/mol. The highest BCUT2D eigenvalue weighted by Crippen LogP contribution is 2.33. The first-order valence-electron chi connectivity index (χ1n) is 6.52. The molecule has 98 valence electrons. The van der Waals surface area contributed by atoms with Crippen molar-refractivity contribution >= 4 is 17.5 Å². The molecule has 1 aliphatic rings. The predicted octanol–water partition coefficient (Wildman–Crippen LogP) is 4.62. The maximum Gasteiger partial charge on any atom is 0.161 e. The summed E-state index contributed by atoms with van der Waals surface area (Å²) in [5, 5.41) is 0. The largest absolute Gasteiger partial charge is 0.294 e. The first-order valence-corrected chi connectivity index (χ1v) is 7.50. The van der Waals surface area contributed by atoms with Crippen molar-refractivity contribution in [3.8, 4) is 0 Å². The SMILES string of the molecule is CC(=O)c1cc(F)c(C)cc1SCC1CCCC1. The van der Waals surface area contributed by atoms with Crippen molar-refractivity contribution in [3.05, 3.63) is 29.1 Å². The second-order valence-corrected chi connectivity index (χ2v) is 6.18. The summed E-state index contributed by atoms with van der Waals surface area (Å²) in [4.78, 5) is 12.5. The Balaban J connectivity index is 2.14. The van der Waals surface area contributed by atoms with E-state index in [-0.39, 0.29) is 11.6 Å². The summed E-state index contributed by atoms with van der Waals surface area (Å²) in [7, 11) is 0. The average molecular weight is 266 g/mol. The number of halogens is 1. The smallest absolute Gasteiger partial charge is 0.161 e. The maximum atomic E-state index is 13.5. The van der Waals surface area contributed by atoms with Crippen molar-refractivity contribution in [1.82, 2.24) is 0 Å². The number of carbonyl (C=O) groups excluding carboxylic acids is 1. The van der Waals surface area contributed by atoms with E-state index in [0.717, 1.165) is 16.6 Å². The van der Waals surface area contributed by atoms with Crippen molar-refractivity contribution < 1.29 is 9.18 Å². The lowest BCUT2D eigenvalue weighted by Crippen LogP contribution is -2.01.